The number of anilines is 2. The Balaban J connectivity index is 1.55. The zero-order chi connectivity index (χ0) is 20.9. The molecule has 0 atom stereocenters. The van der Waals surface area contributed by atoms with Crippen LogP contribution in [0.5, 0.6) is 0 Å². The molecule has 0 bridgehead atoms. The van der Waals surface area contributed by atoms with Crippen LogP contribution in [0.15, 0.2) is 104 Å². The molecule has 0 aliphatic heterocycles. The molecule has 6 nitrogen and oxygen atoms in total. The van der Waals surface area contributed by atoms with E-state index in [1.807, 2.05) is 60.7 Å². The van der Waals surface area contributed by atoms with Crippen LogP contribution < -0.4 is 5.32 Å². The molecule has 0 radical (unpaired) electrons. The van der Waals surface area contributed by atoms with Crippen molar-refractivity contribution in [3.05, 3.63) is 104 Å². The quantitative estimate of drug-likeness (QED) is 0.424. The molecule has 0 amide bonds. The third-order valence-corrected chi connectivity index (χ3v) is 4.73. The van der Waals surface area contributed by atoms with Crippen molar-refractivity contribution in [3.63, 3.8) is 0 Å². The predicted molar refractivity (Wildman–Crippen MR) is 121 cm³/mol. The van der Waals surface area contributed by atoms with Crippen LogP contribution in [0.3, 0.4) is 0 Å². The molecule has 1 N–H and O–H groups in total. The monoisotopic (exact) mass is 402 g/mol. The van der Waals surface area contributed by atoms with Gasteiger partial charge in [0.25, 0.3) is 0 Å². The topological polar surface area (TPSA) is 76.5 Å². The van der Waals surface area contributed by atoms with Crippen molar-refractivity contribution in [3.8, 4) is 33.9 Å². The molecule has 0 unspecified atom stereocenters. The third-order valence-electron chi connectivity index (χ3n) is 4.73. The van der Waals surface area contributed by atoms with Gasteiger partial charge in [0.2, 0.25) is 0 Å². The van der Waals surface area contributed by atoms with Gasteiger partial charge in [0.1, 0.15) is 11.5 Å². The van der Waals surface area contributed by atoms with Crippen LogP contribution in [0.1, 0.15) is 0 Å². The molecule has 1 aromatic carbocycles. The normalized spacial score (nSPS) is 10.6. The highest BCUT2D eigenvalue weighted by Crippen LogP contribution is 2.27. The van der Waals surface area contributed by atoms with Crippen LogP contribution in [-0.4, -0.2) is 24.9 Å². The third kappa shape index (κ3) is 4.28. The maximum Gasteiger partial charge on any atom is 0.180 e. The molecule has 4 heterocycles. The van der Waals surface area contributed by atoms with E-state index >= 15 is 0 Å². The van der Waals surface area contributed by atoms with Gasteiger partial charge in [0, 0.05) is 48.3 Å². The minimum absolute atomic E-state index is 0.551. The van der Waals surface area contributed by atoms with Gasteiger partial charge in [-0.15, -0.1) is 0 Å². The molecule has 6 heteroatoms. The number of rotatable bonds is 5. The average molecular weight is 402 g/mol. The summed E-state index contributed by atoms with van der Waals surface area (Å²) in [5.74, 6) is 1.23. The van der Waals surface area contributed by atoms with Crippen molar-refractivity contribution in [2.24, 2.45) is 0 Å². The first-order valence-electron chi connectivity index (χ1n) is 9.83. The van der Waals surface area contributed by atoms with E-state index < -0.39 is 0 Å². The molecule has 0 fully saturated rings. The number of hydrogen-bond acceptors (Lipinski definition) is 6. The van der Waals surface area contributed by atoms with Crippen molar-refractivity contribution in [1.82, 2.24) is 24.9 Å². The zero-order valence-corrected chi connectivity index (χ0v) is 16.6. The van der Waals surface area contributed by atoms with E-state index in [0.717, 1.165) is 28.1 Å². The molecular formula is C25H18N6. The number of pyridine rings is 3. The molecule has 0 aliphatic rings. The number of hydrogen-bond donors (Lipinski definition) is 1. The van der Waals surface area contributed by atoms with Gasteiger partial charge >= 0.3 is 0 Å². The molecule has 31 heavy (non-hydrogen) atoms. The SMILES string of the molecule is c1ccc(-c2nc(Nc3cccc(-c4ccncc4)c3)cc(-c3cccnc3)n2)nc1. The molecule has 0 saturated heterocycles. The van der Waals surface area contributed by atoms with Crippen molar-refractivity contribution < 1.29 is 0 Å². The maximum atomic E-state index is 4.72. The second-order valence-corrected chi connectivity index (χ2v) is 6.86. The Labute approximate surface area is 179 Å². The summed E-state index contributed by atoms with van der Waals surface area (Å²) in [4.78, 5) is 22.2. The average Bonchev–Trinajstić information content (AvgIpc) is 2.86. The molecule has 5 rings (SSSR count). The van der Waals surface area contributed by atoms with E-state index in [-0.39, 0.29) is 0 Å². The van der Waals surface area contributed by atoms with Gasteiger partial charge in [-0.2, -0.15) is 0 Å². The van der Waals surface area contributed by atoms with E-state index in [2.05, 4.69) is 32.4 Å². The Bertz CT molecular complexity index is 1230. The molecule has 0 spiro atoms. The van der Waals surface area contributed by atoms with Crippen LogP contribution in [0.4, 0.5) is 11.5 Å². The van der Waals surface area contributed by atoms with Gasteiger partial charge in [0.05, 0.1) is 5.69 Å². The molecule has 0 saturated carbocycles. The van der Waals surface area contributed by atoms with E-state index in [1.54, 1.807) is 31.0 Å². The fourth-order valence-corrected chi connectivity index (χ4v) is 3.25. The Morgan fingerprint density at radius 3 is 2.29 bits per heavy atom. The number of aromatic nitrogens is 5. The zero-order valence-electron chi connectivity index (χ0n) is 16.6. The second kappa shape index (κ2) is 8.51. The summed E-state index contributed by atoms with van der Waals surface area (Å²) in [7, 11) is 0. The Kier molecular flexibility index (Phi) is 5.10. The highest BCUT2D eigenvalue weighted by molar-refractivity contribution is 5.72. The van der Waals surface area contributed by atoms with E-state index in [1.165, 1.54) is 0 Å². The summed E-state index contributed by atoms with van der Waals surface area (Å²) < 4.78 is 0. The fraction of sp³-hybridized carbons (Fsp3) is 0. The van der Waals surface area contributed by atoms with Crippen LogP contribution >= 0.6 is 0 Å². The minimum atomic E-state index is 0.551. The first-order valence-corrected chi connectivity index (χ1v) is 9.83. The highest BCUT2D eigenvalue weighted by Gasteiger charge is 2.10. The van der Waals surface area contributed by atoms with Crippen molar-refractivity contribution in [1.29, 1.82) is 0 Å². The lowest BCUT2D eigenvalue weighted by Gasteiger charge is -2.11. The van der Waals surface area contributed by atoms with Crippen molar-refractivity contribution >= 4 is 11.5 Å². The number of benzene rings is 1. The van der Waals surface area contributed by atoms with E-state index in [9.17, 15) is 0 Å². The number of nitrogens with one attached hydrogen (secondary N) is 1. The lowest BCUT2D eigenvalue weighted by molar-refractivity contribution is 1.14. The summed E-state index contributed by atoms with van der Waals surface area (Å²) in [5.41, 5.74) is 5.52. The summed E-state index contributed by atoms with van der Waals surface area (Å²) in [6.07, 6.45) is 8.85. The first kappa shape index (κ1) is 18.6. The summed E-state index contributed by atoms with van der Waals surface area (Å²) >= 11 is 0. The van der Waals surface area contributed by atoms with Crippen molar-refractivity contribution in [2.45, 2.75) is 0 Å². The van der Waals surface area contributed by atoms with Gasteiger partial charge in [0.15, 0.2) is 5.82 Å². The van der Waals surface area contributed by atoms with Crippen LogP contribution in [-0.2, 0) is 0 Å². The second-order valence-electron chi connectivity index (χ2n) is 6.86. The highest BCUT2D eigenvalue weighted by atomic mass is 15.0. The Morgan fingerprint density at radius 2 is 1.48 bits per heavy atom. The van der Waals surface area contributed by atoms with Gasteiger partial charge in [-0.25, -0.2) is 9.97 Å². The van der Waals surface area contributed by atoms with Crippen LogP contribution in [0.25, 0.3) is 33.9 Å². The van der Waals surface area contributed by atoms with E-state index in [0.29, 0.717) is 17.3 Å². The van der Waals surface area contributed by atoms with Crippen molar-refractivity contribution in [2.75, 3.05) is 5.32 Å². The van der Waals surface area contributed by atoms with Gasteiger partial charge in [-0.1, -0.05) is 18.2 Å². The lowest BCUT2D eigenvalue weighted by atomic mass is 10.1. The van der Waals surface area contributed by atoms with Gasteiger partial charge in [-0.3, -0.25) is 15.0 Å². The smallest absolute Gasteiger partial charge is 0.180 e. The minimum Gasteiger partial charge on any atom is -0.340 e. The predicted octanol–water partition coefficient (Wildman–Crippen LogP) is 5.41. The van der Waals surface area contributed by atoms with E-state index in [4.69, 9.17) is 9.97 Å². The summed E-state index contributed by atoms with van der Waals surface area (Å²) in [5, 5.41) is 3.42. The fourth-order valence-electron chi connectivity index (χ4n) is 3.25. The summed E-state index contributed by atoms with van der Waals surface area (Å²) in [6, 6.07) is 23.6. The Hall–Kier alpha value is -4.45. The van der Waals surface area contributed by atoms with Gasteiger partial charge < -0.3 is 5.32 Å². The first-order chi connectivity index (χ1) is 15.3. The lowest BCUT2D eigenvalue weighted by Crippen LogP contribution is -2.00. The number of nitrogens with zero attached hydrogens (tertiary/aromatic N) is 5. The standard InChI is InChI=1S/C25H18N6/c1-2-12-28-22(8-1)25-30-23(20-6-4-11-27-17-20)16-24(31-25)29-21-7-3-5-19(15-21)18-9-13-26-14-10-18/h1-17H,(H,29,30,31). The summed E-state index contributed by atoms with van der Waals surface area (Å²) in [6.45, 7) is 0. The molecule has 4 aromatic heterocycles. The maximum absolute atomic E-state index is 4.72. The van der Waals surface area contributed by atoms with Gasteiger partial charge in [-0.05, 0) is 59.7 Å². The van der Waals surface area contributed by atoms with Crippen LogP contribution in [0.2, 0.25) is 0 Å². The molecule has 5 aromatic rings. The van der Waals surface area contributed by atoms with Crippen LogP contribution in [0, 0.1) is 0 Å². The molecular weight excluding hydrogens is 384 g/mol. The Morgan fingerprint density at radius 1 is 0.581 bits per heavy atom. The molecule has 148 valence electrons. The largest absolute Gasteiger partial charge is 0.340 e. The molecule has 0 aliphatic carbocycles.